The number of amides is 2. The fourth-order valence-corrected chi connectivity index (χ4v) is 4.85. The first kappa shape index (κ1) is 21.5. The molecular formula is C24H27ClN2O4. The van der Waals surface area contributed by atoms with Crippen LogP contribution >= 0.6 is 11.6 Å². The number of hydrogen-bond donors (Lipinski definition) is 0. The van der Waals surface area contributed by atoms with Gasteiger partial charge in [-0.25, -0.2) is 0 Å². The van der Waals surface area contributed by atoms with Crippen molar-refractivity contribution in [2.75, 3.05) is 40.4 Å². The van der Waals surface area contributed by atoms with E-state index in [0.717, 1.165) is 31.5 Å². The van der Waals surface area contributed by atoms with Gasteiger partial charge >= 0.3 is 0 Å². The molecule has 2 atom stereocenters. The zero-order chi connectivity index (χ0) is 22.0. The van der Waals surface area contributed by atoms with E-state index in [1.807, 2.05) is 23.1 Å². The normalized spacial score (nSPS) is 20.7. The Kier molecular flexibility index (Phi) is 6.37. The molecule has 2 aromatic carbocycles. The Hall–Kier alpha value is -2.73. The highest BCUT2D eigenvalue weighted by atomic mass is 35.5. The summed E-state index contributed by atoms with van der Waals surface area (Å²) < 4.78 is 10.9. The van der Waals surface area contributed by atoms with Crippen LogP contribution in [0.25, 0.3) is 0 Å². The number of ether oxygens (including phenoxy) is 2. The average Bonchev–Trinajstić information content (AvgIpc) is 3.48. The van der Waals surface area contributed by atoms with Crippen molar-refractivity contribution in [1.82, 2.24) is 9.80 Å². The van der Waals surface area contributed by atoms with Crippen molar-refractivity contribution in [2.24, 2.45) is 5.92 Å². The molecule has 2 heterocycles. The highest BCUT2D eigenvalue weighted by Gasteiger charge is 2.43. The molecule has 2 aliphatic heterocycles. The van der Waals surface area contributed by atoms with E-state index in [0.29, 0.717) is 35.2 Å². The smallest absolute Gasteiger partial charge is 0.255 e. The third-order valence-electron chi connectivity index (χ3n) is 6.29. The monoisotopic (exact) mass is 442 g/mol. The summed E-state index contributed by atoms with van der Waals surface area (Å²) in [7, 11) is 3.21. The Balaban J connectivity index is 1.68. The number of rotatable bonds is 5. The summed E-state index contributed by atoms with van der Waals surface area (Å²) in [4.78, 5) is 30.3. The van der Waals surface area contributed by atoms with Gasteiger partial charge in [-0.2, -0.15) is 0 Å². The third kappa shape index (κ3) is 4.22. The number of hydrogen-bond acceptors (Lipinski definition) is 4. The SMILES string of the molecule is COc1ccc(C2CN(C(=O)c3ccccc3Cl)CC2C(=O)N2CCCC2)c(OC)c1. The quantitative estimate of drug-likeness (QED) is 0.706. The van der Waals surface area contributed by atoms with E-state index in [2.05, 4.69) is 0 Å². The second kappa shape index (κ2) is 9.18. The first-order valence-electron chi connectivity index (χ1n) is 10.6. The number of halogens is 1. The lowest BCUT2D eigenvalue weighted by Gasteiger charge is -2.25. The van der Waals surface area contributed by atoms with Gasteiger partial charge in [-0.1, -0.05) is 29.8 Å². The van der Waals surface area contributed by atoms with E-state index in [9.17, 15) is 9.59 Å². The molecule has 0 N–H and O–H groups in total. The number of benzene rings is 2. The largest absolute Gasteiger partial charge is 0.497 e. The number of likely N-dealkylation sites (tertiary alicyclic amines) is 2. The van der Waals surface area contributed by atoms with Gasteiger partial charge in [-0.05, 0) is 31.0 Å². The van der Waals surface area contributed by atoms with Gasteiger partial charge in [0.2, 0.25) is 5.91 Å². The summed E-state index contributed by atoms with van der Waals surface area (Å²) in [6, 6.07) is 12.7. The maximum Gasteiger partial charge on any atom is 0.255 e. The zero-order valence-corrected chi connectivity index (χ0v) is 18.6. The Morgan fingerprint density at radius 2 is 1.71 bits per heavy atom. The molecule has 31 heavy (non-hydrogen) atoms. The van der Waals surface area contributed by atoms with Gasteiger partial charge in [0.25, 0.3) is 5.91 Å². The van der Waals surface area contributed by atoms with Crippen LogP contribution in [0.3, 0.4) is 0 Å². The van der Waals surface area contributed by atoms with Crippen LogP contribution in [0.4, 0.5) is 0 Å². The van der Waals surface area contributed by atoms with Crippen LogP contribution in [0.5, 0.6) is 11.5 Å². The van der Waals surface area contributed by atoms with E-state index in [1.54, 1.807) is 43.4 Å². The molecule has 2 fully saturated rings. The van der Waals surface area contributed by atoms with Gasteiger partial charge in [-0.3, -0.25) is 9.59 Å². The number of nitrogens with zero attached hydrogens (tertiary/aromatic N) is 2. The molecule has 2 aliphatic rings. The van der Waals surface area contributed by atoms with Gasteiger partial charge in [0.05, 0.1) is 30.7 Å². The van der Waals surface area contributed by atoms with Crippen molar-refractivity contribution in [1.29, 1.82) is 0 Å². The molecule has 6 nitrogen and oxygen atoms in total. The van der Waals surface area contributed by atoms with Crippen LogP contribution < -0.4 is 9.47 Å². The maximum absolute atomic E-state index is 13.4. The fraction of sp³-hybridized carbons (Fsp3) is 0.417. The first-order chi connectivity index (χ1) is 15.0. The van der Waals surface area contributed by atoms with Crippen LogP contribution in [-0.4, -0.2) is 62.0 Å². The molecule has 2 amide bonds. The van der Waals surface area contributed by atoms with Gasteiger partial charge in [-0.15, -0.1) is 0 Å². The van der Waals surface area contributed by atoms with Crippen LogP contribution in [0.15, 0.2) is 42.5 Å². The molecule has 0 spiro atoms. The third-order valence-corrected chi connectivity index (χ3v) is 6.62. The number of carbonyl (C=O) groups excluding carboxylic acids is 2. The Morgan fingerprint density at radius 1 is 0.968 bits per heavy atom. The molecule has 0 aliphatic carbocycles. The highest BCUT2D eigenvalue weighted by Crippen LogP contribution is 2.41. The number of carbonyl (C=O) groups is 2. The topological polar surface area (TPSA) is 59.1 Å². The molecule has 0 bridgehead atoms. The average molecular weight is 443 g/mol. The summed E-state index contributed by atoms with van der Waals surface area (Å²) in [5.41, 5.74) is 1.37. The van der Waals surface area contributed by atoms with Crippen LogP contribution in [0.2, 0.25) is 5.02 Å². The molecule has 4 rings (SSSR count). The van der Waals surface area contributed by atoms with Gasteiger partial charge in [0.15, 0.2) is 0 Å². The minimum atomic E-state index is -0.327. The molecule has 2 unspecified atom stereocenters. The second-order valence-corrected chi connectivity index (χ2v) is 8.45. The maximum atomic E-state index is 13.4. The minimum Gasteiger partial charge on any atom is -0.497 e. The number of methoxy groups -OCH3 is 2. The molecule has 2 aromatic rings. The van der Waals surface area contributed by atoms with E-state index in [1.165, 1.54) is 0 Å². The molecule has 0 saturated carbocycles. The molecular weight excluding hydrogens is 416 g/mol. The van der Waals surface area contributed by atoms with E-state index < -0.39 is 0 Å². The Morgan fingerprint density at radius 3 is 2.39 bits per heavy atom. The van der Waals surface area contributed by atoms with Crippen molar-refractivity contribution >= 4 is 23.4 Å². The van der Waals surface area contributed by atoms with Gasteiger partial charge in [0.1, 0.15) is 11.5 Å². The Labute approximate surface area is 187 Å². The van der Waals surface area contributed by atoms with Crippen LogP contribution in [-0.2, 0) is 4.79 Å². The minimum absolute atomic E-state index is 0.106. The predicted octanol–water partition coefficient (Wildman–Crippen LogP) is 3.84. The lowest BCUT2D eigenvalue weighted by molar-refractivity contribution is -0.134. The van der Waals surface area contributed by atoms with E-state index in [-0.39, 0.29) is 23.7 Å². The molecule has 0 radical (unpaired) electrons. The Bertz CT molecular complexity index is 974. The van der Waals surface area contributed by atoms with Crippen molar-refractivity contribution in [2.45, 2.75) is 18.8 Å². The van der Waals surface area contributed by atoms with Crippen LogP contribution in [0, 0.1) is 5.92 Å². The van der Waals surface area contributed by atoms with Crippen molar-refractivity contribution in [3.05, 3.63) is 58.6 Å². The van der Waals surface area contributed by atoms with E-state index >= 15 is 0 Å². The summed E-state index contributed by atoms with van der Waals surface area (Å²) >= 11 is 6.28. The fourth-order valence-electron chi connectivity index (χ4n) is 4.64. The molecule has 164 valence electrons. The first-order valence-corrected chi connectivity index (χ1v) is 11.0. The highest BCUT2D eigenvalue weighted by molar-refractivity contribution is 6.33. The lowest BCUT2D eigenvalue weighted by atomic mass is 9.87. The van der Waals surface area contributed by atoms with Gasteiger partial charge < -0.3 is 19.3 Å². The molecule has 7 heteroatoms. The zero-order valence-electron chi connectivity index (χ0n) is 17.8. The van der Waals surface area contributed by atoms with Crippen LogP contribution in [0.1, 0.15) is 34.7 Å². The van der Waals surface area contributed by atoms with Crippen molar-refractivity contribution in [3.8, 4) is 11.5 Å². The molecule has 0 aromatic heterocycles. The van der Waals surface area contributed by atoms with E-state index in [4.69, 9.17) is 21.1 Å². The summed E-state index contributed by atoms with van der Waals surface area (Å²) in [6.07, 6.45) is 2.05. The molecule has 2 saturated heterocycles. The summed E-state index contributed by atoms with van der Waals surface area (Å²) in [6.45, 7) is 2.34. The lowest BCUT2D eigenvalue weighted by Crippen LogP contribution is -2.37. The summed E-state index contributed by atoms with van der Waals surface area (Å²) in [5, 5.41) is 0.417. The second-order valence-electron chi connectivity index (χ2n) is 8.04. The van der Waals surface area contributed by atoms with Crippen molar-refractivity contribution < 1.29 is 19.1 Å². The summed E-state index contributed by atoms with van der Waals surface area (Å²) in [5.74, 6) is 0.808. The predicted molar refractivity (Wildman–Crippen MR) is 119 cm³/mol. The standard InChI is InChI=1S/C24H27ClN2O4/c1-30-16-9-10-17(22(13-16)31-2)19-14-27(23(28)18-7-3-4-8-21(18)25)15-20(19)24(29)26-11-5-6-12-26/h3-4,7-10,13,19-20H,5-6,11-12,14-15H2,1-2H3. The van der Waals surface area contributed by atoms with Gasteiger partial charge in [0, 0.05) is 43.7 Å². The van der Waals surface area contributed by atoms with Crippen molar-refractivity contribution in [3.63, 3.8) is 0 Å².